The normalized spacial score (nSPS) is 16.7. The Morgan fingerprint density at radius 3 is 2.89 bits per heavy atom. The number of morpholine rings is 1. The van der Waals surface area contributed by atoms with Crippen LogP contribution in [0.5, 0.6) is 0 Å². The van der Waals surface area contributed by atoms with Crippen LogP contribution >= 0.6 is 11.3 Å². The Balaban J connectivity index is 1.95. The fourth-order valence-corrected chi connectivity index (χ4v) is 2.90. The molecule has 2 aromatic heterocycles. The third-order valence-electron chi connectivity index (χ3n) is 2.92. The van der Waals surface area contributed by atoms with Crippen molar-refractivity contribution in [3.63, 3.8) is 0 Å². The summed E-state index contributed by atoms with van der Waals surface area (Å²) in [6.45, 7) is 5.18. The molecule has 3 rings (SSSR count). The minimum Gasteiger partial charge on any atom is -0.379 e. The van der Waals surface area contributed by atoms with Crippen LogP contribution in [0.1, 0.15) is 4.88 Å². The first kappa shape index (κ1) is 12.5. The molecular weight excluding hydrogens is 264 g/mol. The van der Waals surface area contributed by atoms with Crippen LogP contribution in [-0.4, -0.2) is 41.3 Å². The summed E-state index contributed by atoms with van der Waals surface area (Å²) in [6.07, 6.45) is 0. The smallest absolute Gasteiger partial charge is 0.240 e. The molecule has 1 fully saturated rings. The highest BCUT2D eigenvalue weighted by Crippen LogP contribution is 2.29. The molecule has 0 aliphatic carbocycles. The second-order valence-corrected chi connectivity index (χ2v) is 5.56. The molecule has 0 spiro atoms. The number of nitrogens with two attached hydrogens (primary N) is 1. The number of nitrogens with zero attached hydrogens (tertiary/aromatic N) is 3. The maximum atomic E-state index is 5.42. The van der Waals surface area contributed by atoms with Gasteiger partial charge in [0.2, 0.25) is 5.95 Å². The van der Waals surface area contributed by atoms with Crippen molar-refractivity contribution in [2.45, 2.75) is 6.92 Å². The zero-order chi connectivity index (χ0) is 13.2. The van der Waals surface area contributed by atoms with Gasteiger partial charge in [-0.2, -0.15) is 4.98 Å². The molecule has 7 nitrogen and oxygen atoms in total. The van der Waals surface area contributed by atoms with Gasteiger partial charge < -0.3 is 10.2 Å². The summed E-state index contributed by atoms with van der Waals surface area (Å²) < 4.78 is 5.33. The molecule has 1 saturated heterocycles. The number of hydrogen-bond donors (Lipinski definition) is 3. The van der Waals surface area contributed by atoms with E-state index in [2.05, 4.69) is 38.8 Å². The van der Waals surface area contributed by atoms with Crippen LogP contribution in [0.4, 0.5) is 11.8 Å². The number of thiophene rings is 1. The predicted octanol–water partition coefficient (Wildman–Crippen LogP) is 0.944. The van der Waals surface area contributed by atoms with Crippen LogP contribution in [0.15, 0.2) is 6.07 Å². The molecule has 3 heterocycles. The number of nitrogens with one attached hydrogen (secondary N) is 2. The molecule has 102 valence electrons. The lowest BCUT2D eigenvalue weighted by molar-refractivity contribution is 0.0495. The van der Waals surface area contributed by atoms with Gasteiger partial charge in [0.05, 0.1) is 18.6 Å². The Morgan fingerprint density at radius 1 is 1.37 bits per heavy atom. The standard InChI is InChI=1S/C11H16N6OS/c1-7-6-8-9(16-17-2-4-18-5-3-17)13-11(15-12)14-10(8)19-7/h6H,2-5,12H2,1H3,(H2,13,14,15,16). The lowest BCUT2D eigenvalue weighted by Crippen LogP contribution is -2.40. The van der Waals surface area contributed by atoms with Crippen LogP contribution in [0, 0.1) is 6.92 Å². The van der Waals surface area contributed by atoms with Crippen molar-refractivity contribution in [1.29, 1.82) is 0 Å². The van der Waals surface area contributed by atoms with Crippen molar-refractivity contribution in [2.24, 2.45) is 5.84 Å². The Bertz CT molecular complexity index is 580. The summed E-state index contributed by atoms with van der Waals surface area (Å²) in [7, 11) is 0. The molecule has 1 aliphatic heterocycles. The van der Waals surface area contributed by atoms with Gasteiger partial charge in [0, 0.05) is 18.0 Å². The summed E-state index contributed by atoms with van der Waals surface area (Å²) in [5.41, 5.74) is 5.83. The fraction of sp³-hybridized carbons (Fsp3) is 0.455. The third-order valence-corrected chi connectivity index (χ3v) is 3.86. The van der Waals surface area contributed by atoms with E-state index in [9.17, 15) is 0 Å². The van der Waals surface area contributed by atoms with Crippen LogP contribution in [0.2, 0.25) is 0 Å². The summed E-state index contributed by atoms with van der Waals surface area (Å²) >= 11 is 1.63. The molecule has 0 unspecified atom stereocenters. The van der Waals surface area contributed by atoms with E-state index in [1.165, 1.54) is 4.88 Å². The van der Waals surface area contributed by atoms with E-state index in [1.54, 1.807) is 11.3 Å². The molecule has 0 amide bonds. The van der Waals surface area contributed by atoms with Crippen molar-refractivity contribution >= 4 is 33.3 Å². The van der Waals surface area contributed by atoms with Gasteiger partial charge in [0.15, 0.2) is 5.82 Å². The molecule has 0 atom stereocenters. The summed E-state index contributed by atoms with van der Waals surface area (Å²) in [5.74, 6) is 6.62. The maximum absolute atomic E-state index is 5.42. The molecule has 0 aromatic carbocycles. The topological polar surface area (TPSA) is 88.3 Å². The minimum absolute atomic E-state index is 0.421. The number of ether oxygens (including phenoxy) is 1. The minimum atomic E-state index is 0.421. The van der Waals surface area contributed by atoms with E-state index in [-0.39, 0.29) is 0 Å². The maximum Gasteiger partial charge on any atom is 0.240 e. The average Bonchev–Trinajstić information content (AvgIpc) is 2.80. The first-order chi connectivity index (χ1) is 9.26. The van der Waals surface area contributed by atoms with Crippen molar-refractivity contribution < 1.29 is 4.74 Å². The number of nitrogen functional groups attached to an aromatic ring is 1. The number of hydrogen-bond acceptors (Lipinski definition) is 8. The quantitative estimate of drug-likeness (QED) is 0.569. The van der Waals surface area contributed by atoms with Crippen LogP contribution in [0.3, 0.4) is 0 Å². The van der Waals surface area contributed by atoms with Gasteiger partial charge in [-0.1, -0.05) is 0 Å². The van der Waals surface area contributed by atoms with Gasteiger partial charge in [-0.25, -0.2) is 15.8 Å². The summed E-state index contributed by atoms with van der Waals surface area (Å²) in [6, 6.07) is 2.09. The molecule has 0 bridgehead atoms. The van der Waals surface area contributed by atoms with Gasteiger partial charge >= 0.3 is 0 Å². The first-order valence-electron chi connectivity index (χ1n) is 6.10. The number of fused-ring (bicyclic) bond motifs is 1. The van der Waals surface area contributed by atoms with Crippen molar-refractivity contribution in [3.8, 4) is 0 Å². The zero-order valence-electron chi connectivity index (χ0n) is 10.6. The SMILES string of the molecule is Cc1cc2c(NN3CCOCC3)nc(NN)nc2s1. The largest absolute Gasteiger partial charge is 0.379 e. The van der Waals surface area contributed by atoms with E-state index in [1.807, 2.05) is 0 Å². The fourth-order valence-electron chi connectivity index (χ4n) is 2.02. The number of aromatic nitrogens is 2. The van der Waals surface area contributed by atoms with Gasteiger partial charge in [-0.05, 0) is 13.0 Å². The molecule has 1 aliphatic rings. The van der Waals surface area contributed by atoms with Crippen LogP contribution < -0.4 is 16.7 Å². The van der Waals surface area contributed by atoms with Gasteiger partial charge in [-0.3, -0.25) is 5.43 Å². The highest BCUT2D eigenvalue weighted by molar-refractivity contribution is 7.18. The van der Waals surface area contributed by atoms with Crippen molar-refractivity contribution in [3.05, 3.63) is 10.9 Å². The third kappa shape index (κ3) is 2.61. The predicted molar refractivity (Wildman–Crippen MR) is 76.0 cm³/mol. The summed E-state index contributed by atoms with van der Waals surface area (Å²) in [4.78, 5) is 10.9. The Hall–Kier alpha value is -1.48. The number of anilines is 2. The average molecular weight is 280 g/mol. The lowest BCUT2D eigenvalue weighted by Gasteiger charge is -2.27. The first-order valence-corrected chi connectivity index (χ1v) is 6.92. The molecule has 19 heavy (non-hydrogen) atoms. The second kappa shape index (κ2) is 5.25. The van der Waals surface area contributed by atoms with Crippen molar-refractivity contribution in [2.75, 3.05) is 37.2 Å². The zero-order valence-corrected chi connectivity index (χ0v) is 11.5. The molecular formula is C11H16N6OS. The van der Waals surface area contributed by atoms with Gasteiger partial charge in [0.1, 0.15) is 4.83 Å². The van der Waals surface area contributed by atoms with Crippen molar-refractivity contribution in [1.82, 2.24) is 15.0 Å². The Labute approximate surface area is 114 Å². The Morgan fingerprint density at radius 2 is 2.16 bits per heavy atom. The highest BCUT2D eigenvalue weighted by Gasteiger charge is 2.15. The molecule has 0 radical (unpaired) electrons. The van der Waals surface area contributed by atoms with E-state index in [4.69, 9.17) is 10.6 Å². The van der Waals surface area contributed by atoms with E-state index >= 15 is 0 Å². The van der Waals surface area contributed by atoms with Gasteiger partial charge in [-0.15, -0.1) is 11.3 Å². The van der Waals surface area contributed by atoms with Crippen LogP contribution in [0.25, 0.3) is 10.2 Å². The molecule has 2 aromatic rings. The van der Waals surface area contributed by atoms with Crippen LogP contribution in [-0.2, 0) is 4.74 Å². The summed E-state index contributed by atoms with van der Waals surface area (Å²) in [5, 5.41) is 3.12. The van der Waals surface area contributed by atoms with E-state index < -0.39 is 0 Å². The molecule has 8 heteroatoms. The lowest BCUT2D eigenvalue weighted by atomic mass is 10.3. The number of hydrazine groups is 2. The number of aryl methyl sites for hydroxylation is 1. The second-order valence-electron chi connectivity index (χ2n) is 4.33. The molecule has 0 saturated carbocycles. The number of rotatable bonds is 3. The molecule has 4 N–H and O–H groups in total. The van der Waals surface area contributed by atoms with E-state index in [0.29, 0.717) is 5.95 Å². The Kier molecular flexibility index (Phi) is 3.47. The van der Waals surface area contributed by atoms with E-state index in [0.717, 1.165) is 42.3 Å². The van der Waals surface area contributed by atoms with Gasteiger partial charge in [0.25, 0.3) is 0 Å². The monoisotopic (exact) mass is 280 g/mol. The highest BCUT2D eigenvalue weighted by atomic mass is 32.1.